The van der Waals surface area contributed by atoms with Crippen LogP contribution < -0.4 is 11.2 Å². The summed E-state index contributed by atoms with van der Waals surface area (Å²) in [6.45, 7) is 4.60. The van der Waals surface area contributed by atoms with Crippen LogP contribution in [0.25, 0.3) is 11.0 Å². The zero-order valence-corrected chi connectivity index (χ0v) is 15.5. The molecule has 2 bridgehead atoms. The zero-order chi connectivity index (χ0) is 17.7. The molecule has 4 rings (SSSR count). The average molecular weight is 360 g/mol. The van der Waals surface area contributed by atoms with Crippen molar-refractivity contribution >= 4 is 23.3 Å². The summed E-state index contributed by atoms with van der Waals surface area (Å²) in [6.07, 6.45) is 6.15. The third-order valence-corrected chi connectivity index (χ3v) is 6.10. The molecule has 2 saturated carbocycles. The fourth-order valence-corrected chi connectivity index (χ4v) is 5.05. The molecule has 2 aromatic rings. The maximum absolute atomic E-state index is 12.3. The van der Waals surface area contributed by atoms with Crippen LogP contribution in [0.5, 0.6) is 0 Å². The molecule has 7 heteroatoms. The molecule has 2 N–H and O–H groups in total. The number of aromatic nitrogens is 4. The number of H-pyrrole nitrogens is 2. The third kappa shape index (κ3) is 2.99. The Balaban J connectivity index is 1.80. The van der Waals surface area contributed by atoms with Gasteiger partial charge >= 0.3 is 5.69 Å². The molecule has 25 heavy (non-hydrogen) atoms. The highest BCUT2D eigenvalue weighted by Gasteiger charge is 2.39. The second-order valence-corrected chi connectivity index (χ2v) is 8.50. The first-order chi connectivity index (χ1) is 11.9. The number of hydrogen-bond donors (Lipinski definition) is 2. The fraction of sp³-hybridized carbons (Fsp3) is 0.667. The first-order valence-electron chi connectivity index (χ1n) is 9.18. The van der Waals surface area contributed by atoms with Crippen LogP contribution >= 0.6 is 12.2 Å². The van der Waals surface area contributed by atoms with Gasteiger partial charge in [0.05, 0.1) is 0 Å². The molecule has 134 valence electrons. The Hall–Kier alpha value is -1.76. The van der Waals surface area contributed by atoms with Crippen molar-refractivity contribution in [3.63, 3.8) is 0 Å². The molecule has 3 atom stereocenters. The predicted molar refractivity (Wildman–Crippen MR) is 99.3 cm³/mol. The molecular weight excluding hydrogens is 336 g/mol. The largest absolute Gasteiger partial charge is 0.329 e. The molecule has 0 saturated heterocycles. The van der Waals surface area contributed by atoms with Crippen molar-refractivity contribution < 1.29 is 0 Å². The van der Waals surface area contributed by atoms with Crippen molar-refractivity contribution in [1.82, 2.24) is 19.5 Å². The summed E-state index contributed by atoms with van der Waals surface area (Å²) in [7, 11) is 0. The van der Waals surface area contributed by atoms with Crippen LogP contribution in [0, 0.1) is 28.3 Å². The number of nitrogens with zero attached hydrogens (tertiary/aromatic N) is 2. The minimum Gasteiger partial charge on any atom is -0.329 e. The van der Waals surface area contributed by atoms with E-state index in [0.29, 0.717) is 23.5 Å². The van der Waals surface area contributed by atoms with Crippen LogP contribution in [-0.2, 0) is 13.0 Å². The predicted octanol–water partition coefficient (Wildman–Crippen LogP) is 2.78. The lowest BCUT2D eigenvalue weighted by Gasteiger charge is -2.21. The summed E-state index contributed by atoms with van der Waals surface area (Å²) in [4.78, 5) is 34.6. The smallest absolute Gasteiger partial charge is 0.329 e. The lowest BCUT2D eigenvalue weighted by atomic mass is 9.86. The quantitative estimate of drug-likeness (QED) is 0.821. The van der Waals surface area contributed by atoms with Gasteiger partial charge in [0.15, 0.2) is 0 Å². The van der Waals surface area contributed by atoms with Crippen LogP contribution in [0.1, 0.15) is 45.4 Å². The number of hydrogen-bond acceptors (Lipinski definition) is 4. The molecule has 2 heterocycles. The highest BCUT2D eigenvalue weighted by molar-refractivity contribution is 7.71. The molecule has 0 radical (unpaired) electrons. The number of aromatic amines is 2. The molecule has 2 aromatic heterocycles. The summed E-state index contributed by atoms with van der Waals surface area (Å²) < 4.78 is 1.87. The summed E-state index contributed by atoms with van der Waals surface area (Å²) in [5.41, 5.74) is -0.338. The van der Waals surface area contributed by atoms with Gasteiger partial charge in [-0.2, -0.15) is 0 Å². The summed E-state index contributed by atoms with van der Waals surface area (Å²) in [5, 5.41) is 0.312. The molecule has 6 nitrogen and oxygen atoms in total. The lowest BCUT2D eigenvalue weighted by molar-refractivity contribution is 0.326. The molecule has 0 aliphatic heterocycles. The Morgan fingerprint density at radius 3 is 2.68 bits per heavy atom. The van der Waals surface area contributed by atoms with E-state index >= 15 is 0 Å². The number of rotatable bonds is 4. The van der Waals surface area contributed by atoms with E-state index in [2.05, 4.69) is 15.0 Å². The first-order valence-corrected chi connectivity index (χ1v) is 9.59. The summed E-state index contributed by atoms with van der Waals surface area (Å²) >= 11 is 5.39. The molecular formula is C18H24N4O2S. The fourth-order valence-electron chi connectivity index (χ4n) is 4.75. The van der Waals surface area contributed by atoms with Crippen LogP contribution in [-0.4, -0.2) is 19.5 Å². The lowest BCUT2D eigenvalue weighted by Crippen LogP contribution is -2.32. The van der Waals surface area contributed by atoms with Crippen molar-refractivity contribution in [2.75, 3.05) is 0 Å². The van der Waals surface area contributed by atoms with E-state index in [-0.39, 0.29) is 10.6 Å². The van der Waals surface area contributed by atoms with E-state index < -0.39 is 11.2 Å². The van der Waals surface area contributed by atoms with Gasteiger partial charge in [-0.3, -0.25) is 14.3 Å². The van der Waals surface area contributed by atoms with Crippen molar-refractivity contribution in [3.8, 4) is 0 Å². The minimum atomic E-state index is -0.458. The molecule has 2 aliphatic rings. The van der Waals surface area contributed by atoms with E-state index in [1.807, 2.05) is 13.8 Å². The maximum Gasteiger partial charge on any atom is 0.329 e. The highest BCUT2D eigenvalue weighted by Crippen LogP contribution is 2.49. The monoisotopic (exact) mass is 360 g/mol. The molecule has 2 aliphatic carbocycles. The van der Waals surface area contributed by atoms with Crippen LogP contribution in [0.3, 0.4) is 0 Å². The Morgan fingerprint density at radius 2 is 2.04 bits per heavy atom. The van der Waals surface area contributed by atoms with Gasteiger partial charge in [-0.05, 0) is 42.9 Å². The second kappa shape index (κ2) is 6.20. The molecule has 0 amide bonds. The number of nitrogens with one attached hydrogen (secondary N) is 2. The maximum atomic E-state index is 12.3. The molecule has 0 unspecified atom stereocenters. The van der Waals surface area contributed by atoms with Crippen molar-refractivity contribution in [2.24, 2.45) is 23.7 Å². The molecule has 2 fully saturated rings. The van der Waals surface area contributed by atoms with Gasteiger partial charge in [-0.25, -0.2) is 9.78 Å². The van der Waals surface area contributed by atoms with Crippen molar-refractivity contribution in [1.29, 1.82) is 0 Å². The minimum absolute atomic E-state index is 0.274. The van der Waals surface area contributed by atoms with E-state index in [1.54, 1.807) is 4.57 Å². The SMILES string of the molecule is CC(C)Cn1c(=O)[nH]c(=O)c2c(=S)nc(C[C@H]3C[C@@H]4CC[C@@H]3C4)[nH]c21. The zero-order valence-electron chi connectivity index (χ0n) is 14.7. The van der Waals surface area contributed by atoms with Gasteiger partial charge in [0, 0.05) is 13.0 Å². The standard InChI is InChI=1S/C18H24N4O2S/c1-9(2)8-22-15-14(16(23)21-18(22)24)17(25)20-13(19-15)7-12-6-10-3-4-11(12)5-10/h9-12H,3-8H2,1-2H3,(H,19,20,25)(H,21,23,24)/t10-,11-,12-/m1/s1. The highest BCUT2D eigenvalue weighted by atomic mass is 32.1. The first kappa shape index (κ1) is 16.7. The van der Waals surface area contributed by atoms with Crippen LogP contribution in [0.2, 0.25) is 0 Å². The Kier molecular flexibility index (Phi) is 4.14. The second-order valence-electron chi connectivity index (χ2n) is 8.12. The van der Waals surface area contributed by atoms with E-state index in [9.17, 15) is 9.59 Å². The third-order valence-electron chi connectivity index (χ3n) is 5.80. The van der Waals surface area contributed by atoms with E-state index in [1.165, 1.54) is 25.7 Å². The topological polar surface area (TPSA) is 83.5 Å². The van der Waals surface area contributed by atoms with E-state index in [0.717, 1.165) is 24.1 Å². The summed E-state index contributed by atoms with van der Waals surface area (Å²) in [6, 6.07) is 0. The van der Waals surface area contributed by atoms with Crippen LogP contribution in [0.4, 0.5) is 0 Å². The average Bonchev–Trinajstić information content (AvgIpc) is 3.13. The van der Waals surface area contributed by atoms with Gasteiger partial charge < -0.3 is 4.98 Å². The molecule has 0 spiro atoms. The van der Waals surface area contributed by atoms with Gasteiger partial charge in [0.25, 0.3) is 5.56 Å². The summed E-state index contributed by atoms with van der Waals surface area (Å²) in [5.74, 6) is 3.39. The van der Waals surface area contributed by atoms with Gasteiger partial charge in [-0.1, -0.05) is 32.5 Å². The normalized spacial score (nSPS) is 25.3. The van der Waals surface area contributed by atoms with Crippen molar-refractivity contribution in [2.45, 2.75) is 52.5 Å². The molecule has 0 aromatic carbocycles. The van der Waals surface area contributed by atoms with E-state index in [4.69, 9.17) is 12.2 Å². The Bertz CT molecular complexity index is 987. The number of fused-ring (bicyclic) bond motifs is 3. The van der Waals surface area contributed by atoms with Gasteiger partial charge in [0.2, 0.25) is 0 Å². The van der Waals surface area contributed by atoms with Crippen LogP contribution in [0.15, 0.2) is 9.59 Å². The van der Waals surface area contributed by atoms with Crippen molar-refractivity contribution in [3.05, 3.63) is 31.3 Å². The van der Waals surface area contributed by atoms with Gasteiger partial charge in [-0.15, -0.1) is 0 Å². The van der Waals surface area contributed by atoms with Gasteiger partial charge in [0.1, 0.15) is 21.5 Å². The Labute approximate surface area is 150 Å². The Morgan fingerprint density at radius 1 is 1.24 bits per heavy atom.